The second-order valence-corrected chi connectivity index (χ2v) is 4.28. The molecule has 4 nitrogen and oxygen atoms in total. The molecule has 1 N–H and O–H groups in total. The van der Waals surface area contributed by atoms with Crippen molar-refractivity contribution in [1.29, 1.82) is 5.26 Å². The minimum atomic E-state index is 0.203. The van der Waals surface area contributed by atoms with Gasteiger partial charge in [-0.1, -0.05) is 12.1 Å². The molecular weight excluding hydrogens is 252 g/mol. The number of benzene rings is 2. The van der Waals surface area contributed by atoms with Crippen molar-refractivity contribution in [3.8, 4) is 23.3 Å². The maximum Gasteiger partial charge on any atom is 0.163 e. The Morgan fingerprint density at radius 2 is 1.90 bits per heavy atom. The first kappa shape index (κ1) is 12.0. The number of fused-ring (bicyclic) bond motifs is 1. The van der Waals surface area contributed by atoms with E-state index in [-0.39, 0.29) is 5.75 Å². The first-order valence-corrected chi connectivity index (χ1v) is 6.01. The lowest BCUT2D eigenvalue weighted by atomic mass is 10.1. The molecule has 3 aromatic rings. The van der Waals surface area contributed by atoms with Crippen LogP contribution < -0.4 is 4.74 Å². The number of nitriles is 1. The van der Waals surface area contributed by atoms with E-state index in [1.165, 1.54) is 6.20 Å². The average molecular weight is 262 g/mol. The smallest absolute Gasteiger partial charge is 0.163 e. The van der Waals surface area contributed by atoms with E-state index in [0.29, 0.717) is 17.1 Å². The molecule has 0 atom stereocenters. The molecule has 3 rings (SSSR count). The maximum atomic E-state index is 9.50. The fourth-order valence-electron chi connectivity index (χ4n) is 1.96. The van der Waals surface area contributed by atoms with Crippen molar-refractivity contribution in [2.24, 2.45) is 0 Å². The van der Waals surface area contributed by atoms with Crippen LogP contribution in [0.25, 0.3) is 10.8 Å². The van der Waals surface area contributed by atoms with Gasteiger partial charge in [0.25, 0.3) is 0 Å². The lowest BCUT2D eigenvalue weighted by molar-refractivity contribution is 0.475. The molecule has 0 spiro atoms. The highest BCUT2D eigenvalue weighted by Crippen LogP contribution is 2.28. The number of phenolic OH excluding ortho intramolecular Hbond substituents is 1. The van der Waals surface area contributed by atoms with E-state index in [4.69, 9.17) is 10.00 Å². The van der Waals surface area contributed by atoms with Gasteiger partial charge in [0, 0.05) is 6.20 Å². The van der Waals surface area contributed by atoms with Crippen molar-refractivity contribution in [2.75, 3.05) is 0 Å². The molecule has 0 bridgehead atoms. The van der Waals surface area contributed by atoms with Crippen molar-refractivity contribution in [3.05, 3.63) is 60.4 Å². The molecule has 1 aromatic heterocycles. The summed E-state index contributed by atoms with van der Waals surface area (Å²) in [5.41, 5.74) is 0.427. The minimum absolute atomic E-state index is 0.203. The van der Waals surface area contributed by atoms with Gasteiger partial charge in [0.05, 0.1) is 11.8 Å². The Labute approximate surface area is 115 Å². The molecule has 2 aromatic carbocycles. The normalized spacial score (nSPS) is 10.2. The van der Waals surface area contributed by atoms with Crippen molar-refractivity contribution >= 4 is 10.8 Å². The highest BCUT2D eigenvalue weighted by atomic mass is 16.5. The number of aromatic nitrogens is 1. The Balaban J connectivity index is 2.01. The van der Waals surface area contributed by atoms with Crippen LogP contribution in [0.3, 0.4) is 0 Å². The zero-order chi connectivity index (χ0) is 13.9. The van der Waals surface area contributed by atoms with Crippen LogP contribution >= 0.6 is 0 Å². The molecule has 0 fully saturated rings. The van der Waals surface area contributed by atoms with Crippen molar-refractivity contribution in [2.45, 2.75) is 0 Å². The van der Waals surface area contributed by atoms with E-state index in [2.05, 4.69) is 11.1 Å². The van der Waals surface area contributed by atoms with E-state index >= 15 is 0 Å². The molecule has 0 saturated heterocycles. The second kappa shape index (κ2) is 4.90. The number of ether oxygens (including phenoxy) is 1. The van der Waals surface area contributed by atoms with Crippen LogP contribution in [0.15, 0.2) is 54.9 Å². The maximum absolute atomic E-state index is 9.50. The summed E-state index contributed by atoms with van der Waals surface area (Å²) in [6.07, 6.45) is 3.05. The number of rotatable bonds is 2. The first-order valence-electron chi connectivity index (χ1n) is 6.01. The van der Waals surface area contributed by atoms with Crippen LogP contribution in [0.2, 0.25) is 0 Å². The van der Waals surface area contributed by atoms with E-state index in [1.807, 2.05) is 24.3 Å². The molecule has 0 aliphatic rings. The van der Waals surface area contributed by atoms with Crippen LogP contribution in [0, 0.1) is 11.3 Å². The van der Waals surface area contributed by atoms with Gasteiger partial charge in [-0.15, -0.1) is 0 Å². The molecule has 0 saturated carbocycles. The lowest BCUT2D eigenvalue weighted by Crippen LogP contribution is -1.89. The Morgan fingerprint density at radius 3 is 2.75 bits per heavy atom. The summed E-state index contributed by atoms with van der Waals surface area (Å²) in [6, 6.07) is 14.3. The summed E-state index contributed by atoms with van der Waals surface area (Å²) in [4.78, 5) is 3.95. The van der Waals surface area contributed by atoms with Gasteiger partial charge in [-0.05, 0) is 41.1 Å². The van der Waals surface area contributed by atoms with E-state index in [0.717, 1.165) is 10.8 Å². The average Bonchev–Trinajstić information content (AvgIpc) is 2.47. The monoisotopic (exact) mass is 262 g/mol. The van der Waals surface area contributed by atoms with E-state index < -0.39 is 0 Å². The number of pyridine rings is 1. The van der Waals surface area contributed by atoms with Crippen LogP contribution in [0.4, 0.5) is 0 Å². The topological polar surface area (TPSA) is 66.1 Å². The van der Waals surface area contributed by atoms with Crippen LogP contribution in [0.5, 0.6) is 17.2 Å². The molecule has 0 unspecified atom stereocenters. The number of hydrogen-bond donors (Lipinski definition) is 1. The molecule has 96 valence electrons. The standard InChI is InChI=1S/C16H10N2O2/c17-9-12-5-6-18-10-16(12)20-15-4-2-11-1-3-14(19)7-13(11)8-15/h1-8,10,19H. The highest BCUT2D eigenvalue weighted by molar-refractivity contribution is 5.85. The third kappa shape index (κ3) is 2.25. The Bertz CT molecular complexity index is 822. The van der Waals surface area contributed by atoms with Gasteiger partial charge in [0.2, 0.25) is 0 Å². The van der Waals surface area contributed by atoms with Gasteiger partial charge in [-0.25, -0.2) is 0 Å². The zero-order valence-electron chi connectivity index (χ0n) is 10.4. The first-order chi connectivity index (χ1) is 9.76. The van der Waals surface area contributed by atoms with Crippen LogP contribution in [-0.4, -0.2) is 10.1 Å². The Morgan fingerprint density at radius 1 is 1.05 bits per heavy atom. The van der Waals surface area contributed by atoms with Gasteiger partial charge in [-0.2, -0.15) is 5.26 Å². The van der Waals surface area contributed by atoms with Gasteiger partial charge in [0.15, 0.2) is 5.75 Å². The second-order valence-electron chi connectivity index (χ2n) is 4.28. The summed E-state index contributed by atoms with van der Waals surface area (Å²) in [7, 11) is 0. The summed E-state index contributed by atoms with van der Waals surface area (Å²) in [5.74, 6) is 1.20. The Kier molecular flexibility index (Phi) is 2.94. The summed E-state index contributed by atoms with van der Waals surface area (Å²) in [6.45, 7) is 0. The van der Waals surface area contributed by atoms with Crippen molar-refractivity contribution < 1.29 is 9.84 Å². The predicted molar refractivity (Wildman–Crippen MR) is 74.6 cm³/mol. The van der Waals surface area contributed by atoms with Crippen molar-refractivity contribution in [3.63, 3.8) is 0 Å². The minimum Gasteiger partial charge on any atom is -0.508 e. The molecule has 0 aliphatic carbocycles. The molecule has 20 heavy (non-hydrogen) atoms. The number of nitrogens with zero attached hydrogens (tertiary/aromatic N) is 2. The summed E-state index contributed by atoms with van der Waals surface area (Å²) >= 11 is 0. The van der Waals surface area contributed by atoms with Gasteiger partial charge < -0.3 is 9.84 Å². The molecule has 1 heterocycles. The number of hydrogen-bond acceptors (Lipinski definition) is 4. The van der Waals surface area contributed by atoms with Crippen molar-refractivity contribution in [1.82, 2.24) is 4.98 Å². The fraction of sp³-hybridized carbons (Fsp3) is 0. The zero-order valence-corrected chi connectivity index (χ0v) is 10.4. The largest absolute Gasteiger partial charge is 0.508 e. The third-order valence-electron chi connectivity index (χ3n) is 2.93. The molecule has 0 amide bonds. The van der Waals surface area contributed by atoms with Gasteiger partial charge in [-0.3, -0.25) is 4.98 Å². The third-order valence-corrected chi connectivity index (χ3v) is 2.93. The van der Waals surface area contributed by atoms with Crippen LogP contribution in [-0.2, 0) is 0 Å². The van der Waals surface area contributed by atoms with E-state index in [9.17, 15) is 5.11 Å². The van der Waals surface area contributed by atoms with E-state index in [1.54, 1.807) is 24.4 Å². The lowest BCUT2D eigenvalue weighted by Gasteiger charge is -2.08. The molecule has 4 heteroatoms. The molecular formula is C16H10N2O2. The Hall–Kier alpha value is -3.06. The highest BCUT2D eigenvalue weighted by Gasteiger charge is 2.05. The van der Waals surface area contributed by atoms with Gasteiger partial charge in [0.1, 0.15) is 17.6 Å². The molecule has 0 aliphatic heterocycles. The molecule has 0 radical (unpaired) electrons. The number of phenols is 1. The van der Waals surface area contributed by atoms with Gasteiger partial charge >= 0.3 is 0 Å². The summed E-state index contributed by atoms with van der Waals surface area (Å²) < 4.78 is 5.68. The predicted octanol–water partition coefficient (Wildman–Crippen LogP) is 3.60. The number of aromatic hydroxyl groups is 1. The quantitative estimate of drug-likeness (QED) is 0.766. The fourth-order valence-corrected chi connectivity index (χ4v) is 1.96. The SMILES string of the molecule is N#Cc1ccncc1Oc1ccc2ccc(O)cc2c1. The summed E-state index contributed by atoms with van der Waals surface area (Å²) in [5, 5.41) is 20.4. The van der Waals surface area contributed by atoms with Crippen LogP contribution in [0.1, 0.15) is 5.56 Å².